The van der Waals surface area contributed by atoms with Gasteiger partial charge in [-0.2, -0.15) is 0 Å². The molecular formula is C9H11FN2O3S2. The van der Waals surface area contributed by atoms with Crippen LogP contribution in [0.15, 0.2) is 12.3 Å². The predicted molar refractivity (Wildman–Crippen MR) is 62.3 cm³/mol. The second kappa shape index (κ2) is 4.91. The molecule has 5 nitrogen and oxygen atoms in total. The first-order valence-electron chi connectivity index (χ1n) is 4.94. The van der Waals surface area contributed by atoms with Gasteiger partial charge in [-0.1, -0.05) is 12.2 Å². The van der Waals surface area contributed by atoms with Crippen LogP contribution in [-0.4, -0.2) is 44.8 Å². The van der Waals surface area contributed by atoms with Gasteiger partial charge in [0.15, 0.2) is 17.2 Å². The average molecular weight is 278 g/mol. The Morgan fingerprint density at radius 3 is 2.76 bits per heavy atom. The number of halogens is 1. The van der Waals surface area contributed by atoms with Crippen molar-refractivity contribution in [2.45, 2.75) is 24.6 Å². The number of hydrogen-bond donors (Lipinski definition) is 3. The smallest absolute Gasteiger partial charge is 0.180 e. The maximum Gasteiger partial charge on any atom is 0.180 e. The highest BCUT2D eigenvalue weighted by atomic mass is 32.1. The molecule has 1 fully saturated rings. The summed E-state index contributed by atoms with van der Waals surface area (Å²) in [6.07, 6.45) is -3.50. The largest absolute Gasteiger partial charge is 0.394 e. The van der Waals surface area contributed by atoms with E-state index in [4.69, 9.17) is 34.3 Å². The van der Waals surface area contributed by atoms with Crippen LogP contribution in [-0.2, 0) is 4.74 Å². The number of alkyl halides is 1. The van der Waals surface area contributed by atoms with Crippen LogP contribution in [0.3, 0.4) is 0 Å². The van der Waals surface area contributed by atoms with E-state index < -0.39 is 31.2 Å². The number of nitrogens with zero attached hydrogens (tertiary/aromatic N) is 1. The summed E-state index contributed by atoms with van der Waals surface area (Å²) in [6, 6.07) is 1.56. The van der Waals surface area contributed by atoms with Crippen LogP contribution in [0.5, 0.6) is 0 Å². The molecular weight excluding hydrogens is 267 g/mol. The van der Waals surface area contributed by atoms with E-state index in [2.05, 4.69) is 4.98 Å². The van der Waals surface area contributed by atoms with Gasteiger partial charge in [0.05, 0.1) is 6.61 Å². The third-order valence-corrected chi connectivity index (χ3v) is 3.14. The summed E-state index contributed by atoms with van der Waals surface area (Å²) in [7, 11) is 0. The van der Waals surface area contributed by atoms with Crippen molar-refractivity contribution in [2.24, 2.45) is 0 Å². The van der Waals surface area contributed by atoms with Crippen molar-refractivity contribution >= 4 is 24.4 Å². The molecule has 1 aliphatic heterocycles. The molecule has 94 valence electrons. The average Bonchev–Trinajstić information content (AvgIpc) is 2.57. The van der Waals surface area contributed by atoms with E-state index in [0.717, 1.165) is 0 Å². The van der Waals surface area contributed by atoms with Crippen molar-refractivity contribution in [3.05, 3.63) is 21.7 Å². The topological polar surface area (TPSA) is 70.4 Å². The lowest BCUT2D eigenvalue weighted by molar-refractivity contribution is -0.0528. The molecule has 0 radical (unpaired) electrons. The molecule has 1 saturated heterocycles. The maximum atomic E-state index is 13.5. The SMILES string of the molecule is OC[C@H]1O[C@@H](n2ccc(=S)[nH]c2=S)[C@@H](O)C1F. The zero-order chi connectivity index (χ0) is 12.6. The van der Waals surface area contributed by atoms with Gasteiger partial charge in [-0.3, -0.25) is 4.57 Å². The first kappa shape index (κ1) is 12.8. The Hall–Kier alpha value is -0.670. The molecule has 17 heavy (non-hydrogen) atoms. The Morgan fingerprint density at radius 1 is 1.53 bits per heavy atom. The number of aromatic nitrogens is 2. The summed E-state index contributed by atoms with van der Waals surface area (Å²) < 4.78 is 20.8. The van der Waals surface area contributed by atoms with E-state index in [9.17, 15) is 9.50 Å². The molecule has 4 atom stereocenters. The second-order valence-electron chi connectivity index (χ2n) is 3.70. The first-order valence-corrected chi connectivity index (χ1v) is 5.76. The van der Waals surface area contributed by atoms with E-state index in [0.29, 0.717) is 4.64 Å². The van der Waals surface area contributed by atoms with Gasteiger partial charge in [0.25, 0.3) is 0 Å². The van der Waals surface area contributed by atoms with E-state index >= 15 is 0 Å². The lowest BCUT2D eigenvalue weighted by Crippen LogP contribution is -2.29. The number of nitrogens with one attached hydrogen (secondary N) is 1. The lowest BCUT2D eigenvalue weighted by atomic mass is 10.1. The normalized spacial score (nSPS) is 32.9. The minimum Gasteiger partial charge on any atom is -0.394 e. The molecule has 0 aromatic carbocycles. The lowest BCUT2D eigenvalue weighted by Gasteiger charge is -2.17. The molecule has 2 heterocycles. The van der Waals surface area contributed by atoms with E-state index in [-0.39, 0.29) is 4.77 Å². The molecule has 0 bridgehead atoms. The Balaban J connectivity index is 2.35. The molecule has 0 saturated carbocycles. The molecule has 8 heteroatoms. The van der Waals surface area contributed by atoms with Crippen molar-refractivity contribution in [1.82, 2.24) is 9.55 Å². The Bertz CT molecular complexity index is 517. The van der Waals surface area contributed by atoms with Crippen LogP contribution in [0.25, 0.3) is 0 Å². The summed E-state index contributed by atoms with van der Waals surface area (Å²) in [6.45, 7) is -0.495. The number of aliphatic hydroxyl groups excluding tert-OH is 2. The molecule has 0 aliphatic carbocycles. The van der Waals surface area contributed by atoms with Crippen LogP contribution in [0.1, 0.15) is 6.23 Å². The van der Waals surface area contributed by atoms with Gasteiger partial charge >= 0.3 is 0 Å². The Labute approximate surface area is 106 Å². The van der Waals surface area contributed by atoms with Crippen LogP contribution in [0, 0.1) is 9.41 Å². The van der Waals surface area contributed by atoms with Crippen molar-refractivity contribution in [1.29, 1.82) is 0 Å². The van der Waals surface area contributed by atoms with Gasteiger partial charge in [0.2, 0.25) is 0 Å². The number of aromatic amines is 1. The summed E-state index contributed by atoms with van der Waals surface area (Å²) in [4.78, 5) is 2.70. The highest BCUT2D eigenvalue weighted by Crippen LogP contribution is 2.31. The van der Waals surface area contributed by atoms with Crippen molar-refractivity contribution in [2.75, 3.05) is 6.61 Å². The number of aliphatic hydroxyl groups is 2. The molecule has 3 N–H and O–H groups in total. The van der Waals surface area contributed by atoms with Gasteiger partial charge in [-0.05, 0) is 18.3 Å². The number of H-pyrrole nitrogens is 1. The highest BCUT2D eigenvalue weighted by Gasteiger charge is 2.44. The maximum absolute atomic E-state index is 13.5. The Kier molecular flexibility index (Phi) is 3.69. The minimum atomic E-state index is -1.64. The first-order chi connectivity index (χ1) is 8.04. The molecule has 0 spiro atoms. The van der Waals surface area contributed by atoms with Crippen LogP contribution in [0.4, 0.5) is 4.39 Å². The predicted octanol–water partition coefficient (Wildman–Crippen LogP) is 0.864. The summed E-state index contributed by atoms with van der Waals surface area (Å²) >= 11 is 9.89. The van der Waals surface area contributed by atoms with Gasteiger partial charge in [-0.15, -0.1) is 0 Å². The van der Waals surface area contributed by atoms with Crippen molar-refractivity contribution in [3.8, 4) is 0 Å². The number of ether oxygens (including phenoxy) is 1. The molecule has 1 aliphatic rings. The van der Waals surface area contributed by atoms with Crippen LogP contribution < -0.4 is 0 Å². The Morgan fingerprint density at radius 2 is 2.24 bits per heavy atom. The summed E-state index contributed by atoms with van der Waals surface area (Å²) in [5.41, 5.74) is 0. The molecule has 2 rings (SSSR count). The number of hydrogen-bond acceptors (Lipinski definition) is 5. The second-order valence-corrected chi connectivity index (χ2v) is 4.53. The zero-order valence-electron chi connectivity index (χ0n) is 8.62. The van der Waals surface area contributed by atoms with Crippen LogP contribution in [0.2, 0.25) is 0 Å². The van der Waals surface area contributed by atoms with Gasteiger partial charge < -0.3 is 19.9 Å². The fourth-order valence-corrected chi connectivity index (χ4v) is 2.21. The molecule has 1 aromatic rings. The highest BCUT2D eigenvalue weighted by molar-refractivity contribution is 7.72. The van der Waals surface area contributed by atoms with Crippen LogP contribution >= 0.6 is 24.4 Å². The quantitative estimate of drug-likeness (QED) is 0.700. The van der Waals surface area contributed by atoms with Gasteiger partial charge in [-0.25, -0.2) is 4.39 Å². The van der Waals surface area contributed by atoms with Gasteiger partial charge in [0, 0.05) is 6.20 Å². The van der Waals surface area contributed by atoms with E-state index in [1.54, 1.807) is 6.07 Å². The third kappa shape index (κ3) is 2.31. The third-order valence-electron chi connectivity index (χ3n) is 2.59. The summed E-state index contributed by atoms with van der Waals surface area (Å²) in [5, 5.41) is 18.6. The van der Waals surface area contributed by atoms with Gasteiger partial charge in [0.1, 0.15) is 16.8 Å². The van der Waals surface area contributed by atoms with Crippen molar-refractivity contribution < 1.29 is 19.3 Å². The standard InChI is InChI=1S/C9H11FN2O3S2/c10-6-4(3-13)15-8(7(6)14)12-2-1-5(16)11-9(12)17/h1-2,4,6-8,13-14H,3H2,(H,11,16,17)/t4-,6?,7+,8-/m1/s1. The minimum absolute atomic E-state index is 0.229. The zero-order valence-corrected chi connectivity index (χ0v) is 10.2. The molecule has 1 aromatic heterocycles. The van der Waals surface area contributed by atoms with E-state index in [1.807, 2.05) is 0 Å². The number of rotatable bonds is 2. The van der Waals surface area contributed by atoms with E-state index in [1.165, 1.54) is 10.8 Å². The fraction of sp³-hybridized carbons (Fsp3) is 0.556. The summed E-state index contributed by atoms with van der Waals surface area (Å²) in [5.74, 6) is 0. The fourth-order valence-electron chi connectivity index (χ4n) is 1.71. The molecule has 1 unspecified atom stereocenters. The monoisotopic (exact) mass is 278 g/mol. The molecule has 0 amide bonds. The van der Waals surface area contributed by atoms with Crippen molar-refractivity contribution in [3.63, 3.8) is 0 Å².